The first-order valence-electron chi connectivity index (χ1n) is 10.2. The maximum Gasteiger partial charge on any atom is 0.318 e. The number of amides is 1. The van der Waals surface area contributed by atoms with E-state index in [-0.39, 0.29) is 28.2 Å². The van der Waals surface area contributed by atoms with Crippen LogP contribution in [0.1, 0.15) is 5.56 Å². The molecule has 0 spiro atoms. The van der Waals surface area contributed by atoms with Crippen molar-refractivity contribution in [2.45, 2.75) is 0 Å². The molecule has 37 heavy (non-hydrogen) atoms. The summed E-state index contributed by atoms with van der Waals surface area (Å²) in [7, 11) is 1.37. The lowest BCUT2D eigenvalue weighted by Gasteiger charge is -2.11. The number of hydrogen-bond acceptors (Lipinski definition) is 9. The molecular formula is C23H14Cl2N4O7S. The minimum Gasteiger partial charge on any atom is -0.493 e. The van der Waals surface area contributed by atoms with Gasteiger partial charge in [0.1, 0.15) is 0 Å². The van der Waals surface area contributed by atoms with Crippen LogP contribution >= 0.6 is 35.0 Å². The number of nitrogens with one attached hydrogen (secondary N) is 1. The first-order chi connectivity index (χ1) is 17.7. The summed E-state index contributed by atoms with van der Waals surface area (Å²) in [6.45, 7) is 0. The fourth-order valence-electron chi connectivity index (χ4n) is 3.15. The van der Waals surface area contributed by atoms with Gasteiger partial charge in [0.25, 0.3) is 11.6 Å². The van der Waals surface area contributed by atoms with Crippen LogP contribution in [0.15, 0.2) is 64.5 Å². The van der Waals surface area contributed by atoms with Crippen LogP contribution in [0.25, 0.3) is 6.08 Å². The van der Waals surface area contributed by atoms with Crippen molar-refractivity contribution in [3.8, 4) is 17.2 Å². The summed E-state index contributed by atoms with van der Waals surface area (Å²) >= 11 is 13.3. The minimum absolute atomic E-state index is 0.128. The van der Waals surface area contributed by atoms with E-state index in [1.54, 1.807) is 36.4 Å². The standard InChI is InChI=1S/C23H14Cl2N4O7S/c1-35-19-9-12(5-7-18(19)36-17-8-6-13(28(31)32)11-16(17)29(33)34)10-20-22(30)27-23(37-20)26-15-4-2-3-14(24)21(15)25/h2-11H,1H3,(H,26,27,30). The lowest BCUT2D eigenvalue weighted by atomic mass is 10.2. The molecule has 1 amide bonds. The normalized spacial score (nSPS) is 15.1. The summed E-state index contributed by atoms with van der Waals surface area (Å²) in [6.07, 6.45) is 1.60. The van der Waals surface area contributed by atoms with Crippen LogP contribution in [0.2, 0.25) is 10.0 Å². The number of nitro benzene ring substituents is 2. The van der Waals surface area contributed by atoms with Gasteiger partial charge in [0, 0.05) is 6.07 Å². The van der Waals surface area contributed by atoms with Gasteiger partial charge < -0.3 is 14.8 Å². The lowest BCUT2D eigenvalue weighted by Crippen LogP contribution is -2.19. The van der Waals surface area contributed by atoms with E-state index in [1.165, 1.54) is 13.2 Å². The molecule has 1 aliphatic heterocycles. The van der Waals surface area contributed by atoms with Crippen molar-refractivity contribution in [2.24, 2.45) is 4.99 Å². The van der Waals surface area contributed by atoms with Gasteiger partial charge in [-0.1, -0.05) is 35.3 Å². The monoisotopic (exact) mass is 560 g/mol. The molecule has 1 aliphatic rings. The van der Waals surface area contributed by atoms with Crippen molar-refractivity contribution in [3.63, 3.8) is 0 Å². The largest absolute Gasteiger partial charge is 0.493 e. The highest BCUT2D eigenvalue weighted by molar-refractivity contribution is 8.18. The van der Waals surface area contributed by atoms with Gasteiger partial charge in [-0.2, -0.15) is 0 Å². The third kappa shape index (κ3) is 5.82. The number of halogens is 2. The smallest absolute Gasteiger partial charge is 0.318 e. The number of ether oxygens (including phenoxy) is 2. The summed E-state index contributed by atoms with van der Waals surface area (Å²) < 4.78 is 11.0. The Morgan fingerprint density at radius 2 is 1.76 bits per heavy atom. The summed E-state index contributed by atoms with van der Waals surface area (Å²) in [5, 5.41) is 25.9. The highest BCUT2D eigenvalue weighted by atomic mass is 35.5. The van der Waals surface area contributed by atoms with Crippen molar-refractivity contribution >= 4 is 69.2 Å². The van der Waals surface area contributed by atoms with Gasteiger partial charge in [0.2, 0.25) is 5.75 Å². The molecule has 1 saturated heterocycles. The van der Waals surface area contributed by atoms with Crippen LogP contribution in [0.4, 0.5) is 17.1 Å². The van der Waals surface area contributed by atoms with E-state index in [0.717, 1.165) is 30.0 Å². The average molecular weight is 561 g/mol. The van der Waals surface area contributed by atoms with Crippen molar-refractivity contribution in [2.75, 3.05) is 7.11 Å². The second-order valence-corrected chi connectivity index (χ2v) is 9.05. The molecule has 11 nitrogen and oxygen atoms in total. The number of nitro groups is 2. The van der Waals surface area contributed by atoms with E-state index in [2.05, 4.69) is 10.3 Å². The number of methoxy groups -OCH3 is 1. The van der Waals surface area contributed by atoms with Crippen LogP contribution in [0.5, 0.6) is 17.2 Å². The van der Waals surface area contributed by atoms with Crippen molar-refractivity contribution < 1.29 is 24.1 Å². The molecule has 188 valence electrons. The zero-order valence-corrected chi connectivity index (χ0v) is 21.0. The van der Waals surface area contributed by atoms with Crippen LogP contribution < -0.4 is 14.8 Å². The molecule has 1 N–H and O–H groups in total. The molecule has 0 aromatic heterocycles. The number of rotatable bonds is 7. The number of amidine groups is 1. The predicted octanol–water partition coefficient (Wildman–Crippen LogP) is 6.50. The summed E-state index contributed by atoms with van der Waals surface area (Å²) in [5.41, 5.74) is -0.0437. The maximum atomic E-state index is 12.5. The second-order valence-electron chi connectivity index (χ2n) is 7.23. The number of nitrogens with zero attached hydrogens (tertiary/aromatic N) is 3. The number of aliphatic imine (C=N–C) groups is 1. The predicted molar refractivity (Wildman–Crippen MR) is 140 cm³/mol. The number of hydrogen-bond donors (Lipinski definition) is 1. The molecule has 4 rings (SSSR count). The van der Waals surface area contributed by atoms with Gasteiger partial charge in [-0.15, -0.1) is 0 Å². The number of carbonyl (C=O) groups is 1. The molecule has 0 unspecified atom stereocenters. The Morgan fingerprint density at radius 3 is 2.46 bits per heavy atom. The maximum absolute atomic E-state index is 12.5. The average Bonchev–Trinajstić information content (AvgIpc) is 3.21. The van der Waals surface area contributed by atoms with E-state index < -0.39 is 21.2 Å². The Hall–Kier alpha value is -4.13. The van der Waals surface area contributed by atoms with Gasteiger partial charge in [-0.3, -0.25) is 25.0 Å². The second kappa shape index (κ2) is 10.9. The molecule has 1 heterocycles. The van der Waals surface area contributed by atoms with Crippen molar-refractivity contribution in [1.29, 1.82) is 0 Å². The summed E-state index contributed by atoms with van der Waals surface area (Å²) in [4.78, 5) is 38.0. The van der Waals surface area contributed by atoms with Crippen LogP contribution in [0, 0.1) is 20.2 Å². The molecule has 0 radical (unpaired) electrons. The number of carbonyl (C=O) groups excluding carboxylic acids is 1. The molecule has 0 atom stereocenters. The molecule has 1 fully saturated rings. The quantitative estimate of drug-likeness (QED) is 0.195. The van der Waals surface area contributed by atoms with Crippen LogP contribution in [-0.4, -0.2) is 28.0 Å². The Balaban J connectivity index is 1.59. The van der Waals surface area contributed by atoms with E-state index >= 15 is 0 Å². The van der Waals surface area contributed by atoms with Crippen molar-refractivity contribution in [1.82, 2.24) is 5.32 Å². The molecule has 14 heteroatoms. The van der Waals surface area contributed by atoms with Crippen molar-refractivity contribution in [3.05, 3.63) is 95.3 Å². The number of benzene rings is 3. The van der Waals surface area contributed by atoms with E-state index in [9.17, 15) is 25.0 Å². The molecule has 0 saturated carbocycles. The summed E-state index contributed by atoms with van der Waals surface area (Å²) in [5.74, 6) is -0.234. The van der Waals surface area contributed by atoms with Gasteiger partial charge in [0.05, 0.1) is 43.7 Å². The molecule has 3 aromatic carbocycles. The fraction of sp³-hybridized carbons (Fsp3) is 0.0435. The fourth-order valence-corrected chi connectivity index (χ4v) is 4.32. The van der Waals surface area contributed by atoms with Crippen LogP contribution in [-0.2, 0) is 4.79 Å². The van der Waals surface area contributed by atoms with Crippen LogP contribution in [0.3, 0.4) is 0 Å². The number of non-ortho nitro benzene ring substituents is 1. The molecular weight excluding hydrogens is 547 g/mol. The topological polar surface area (TPSA) is 146 Å². The Bertz CT molecular complexity index is 1510. The summed E-state index contributed by atoms with van der Waals surface area (Å²) in [6, 6.07) is 12.7. The Morgan fingerprint density at radius 1 is 1.00 bits per heavy atom. The Kier molecular flexibility index (Phi) is 7.62. The van der Waals surface area contributed by atoms with E-state index in [0.29, 0.717) is 26.3 Å². The third-order valence-corrected chi connectivity index (χ3v) is 6.58. The lowest BCUT2D eigenvalue weighted by molar-refractivity contribution is -0.394. The molecule has 3 aromatic rings. The number of thioether (sulfide) groups is 1. The zero-order chi connectivity index (χ0) is 26.7. The molecule has 0 aliphatic carbocycles. The van der Waals surface area contributed by atoms with E-state index in [1.807, 2.05) is 0 Å². The SMILES string of the molecule is COc1cc(C=C2SC(=Nc3cccc(Cl)c3Cl)NC2=O)ccc1Oc1ccc([N+](=O)[O-])cc1[N+](=O)[O-]. The highest BCUT2D eigenvalue weighted by Crippen LogP contribution is 2.39. The van der Waals surface area contributed by atoms with Gasteiger partial charge in [-0.25, -0.2) is 4.99 Å². The highest BCUT2D eigenvalue weighted by Gasteiger charge is 2.25. The Labute approximate surface area is 223 Å². The van der Waals surface area contributed by atoms with E-state index in [4.69, 9.17) is 32.7 Å². The van der Waals surface area contributed by atoms with Gasteiger partial charge in [0.15, 0.2) is 16.7 Å². The zero-order valence-electron chi connectivity index (χ0n) is 18.6. The minimum atomic E-state index is -0.779. The van der Waals surface area contributed by atoms with Gasteiger partial charge >= 0.3 is 5.69 Å². The first-order valence-corrected chi connectivity index (χ1v) is 11.8. The molecule has 0 bridgehead atoms. The first kappa shape index (κ1) is 25.9. The van der Waals surface area contributed by atoms with Gasteiger partial charge in [-0.05, 0) is 53.7 Å². The third-order valence-electron chi connectivity index (χ3n) is 4.86.